The van der Waals surface area contributed by atoms with Crippen LogP contribution in [0, 0.1) is 13.8 Å². The van der Waals surface area contributed by atoms with Crippen molar-refractivity contribution in [3.8, 4) is 5.75 Å². The van der Waals surface area contributed by atoms with Crippen LogP contribution in [0.5, 0.6) is 5.75 Å². The van der Waals surface area contributed by atoms with Gasteiger partial charge in [-0.25, -0.2) is 0 Å². The fourth-order valence-corrected chi connectivity index (χ4v) is 2.74. The number of carbonyl (C=O) groups is 1. The molecule has 0 aliphatic rings. The zero-order valence-corrected chi connectivity index (χ0v) is 14.6. The molecule has 0 saturated heterocycles. The van der Waals surface area contributed by atoms with Crippen LogP contribution in [0.2, 0.25) is 0 Å². The summed E-state index contributed by atoms with van der Waals surface area (Å²) in [5.41, 5.74) is 3.80. The first-order chi connectivity index (χ1) is 12.1. The summed E-state index contributed by atoms with van der Waals surface area (Å²) in [6.07, 6.45) is 1.86. The third-order valence-electron chi connectivity index (χ3n) is 4.22. The number of hydrogen-bond donors (Lipinski definition) is 1. The molecule has 0 atom stereocenters. The number of aryl methyl sites for hydroxylation is 1. The summed E-state index contributed by atoms with van der Waals surface area (Å²) in [7, 11) is 1.59. The van der Waals surface area contributed by atoms with Crippen LogP contribution in [0.1, 0.15) is 27.0 Å². The Balaban J connectivity index is 1.73. The van der Waals surface area contributed by atoms with Crippen LogP contribution >= 0.6 is 0 Å². The molecule has 0 unspecified atom stereocenters. The van der Waals surface area contributed by atoms with Crippen LogP contribution in [-0.2, 0) is 6.54 Å². The molecule has 1 heterocycles. The highest BCUT2D eigenvalue weighted by Gasteiger charge is 2.13. The maximum absolute atomic E-state index is 12.5. The lowest BCUT2D eigenvalue weighted by Crippen LogP contribution is -2.14. The number of rotatable bonds is 5. The lowest BCUT2D eigenvalue weighted by Gasteiger charge is -2.09. The zero-order chi connectivity index (χ0) is 17.8. The molecule has 0 fully saturated rings. The van der Waals surface area contributed by atoms with Crippen molar-refractivity contribution in [1.29, 1.82) is 0 Å². The van der Waals surface area contributed by atoms with Gasteiger partial charge in [0.25, 0.3) is 5.91 Å². The molecule has 1 N–H and O–H groups in total. The first-order valence-corrected chi connectivity index (χ1v) is 8.11. The molecule has 3 aromatic rings. The number of benzene rings is 2. The molecule has 25 heavy (non-hydrogen) atoms. The van der Waals surface area contributed by atoms with E-state index in [4.69, 9.17) is 4.74 Å². The maximum atomic E-state index is 12.5. The SMILES string of the molecule is COc1cccc(C(=O)Nc2ccn(Cc3ccccc3C)n2)c1C. The zero-order valence-electron chi connectivity index (χ0n) is 14.6. The summed E-state index contributed by atoms with van der Waals surface area (Å²) >= 11 is 0. The molecule has 0 aliphatic carbocycles. The predicted octanol–water partition coefficient (Wildman–Crippen LogP) is 3.81. The van der Waals surface area contributed by atoms with Gasteiger partial charge >= 0.3 is 0 Å². The van der Waals surface area contributed by atoms with E-state index in [1.54, 1.807) is 25.3 Å². The first kappa shape index (κ1) is 16.8. The van der Waals surface area contributed by atoms with E-state index >= 15 is 0 Å². The van der Waals surface area contributed by atoms with E-state index < -0.39 is 0 Å². The van der Waals surface area contributed by atoms with Crippen molar-refractivity contribution in [2.75, 3.05) is 12.4 Å². The van der Waals surface area contributed by atoms with Crippen LogP contribution in [0.4, 0.5) is 5.82 Å². The van der Waals surface area contributed by atoms with Crippen LogP contribution in [-0.4, -0.2) is 22.8 Å². The number of methoxy groups -OCH3 is 1. The summed E-state index contributed by atoms with van der Waals surface area (Å²) in [5.74, 6) is 1.02. The molecule has 1 amide bonds. The molecular formula is C20H21N3O2. The van der Waals surface area contributed by atoms with Crippen LogP contribution in [0.25, 0.3) is 0 Å². The fourth-order valence-electron chi connectivity index (χ4n) is 2.74. The second-order valence-electron chi connectivity index (χ2n) is 5.91. The maximum Gasteiger partial charge on any atom is 0.257 e. The van der Waals surface area contributed by atoms with Crippen molar-refractivity contribution >= 4 is 11.7 Å². The highest BCUT2D eigenvalue weighted by Crippen LogP contribution is 2.21. The number of carbonyl (C=O) groups excluding carboxylic acids is 1. The monoisotopic (exact) mass is 335 g/mol. The molecule has 3 rings (SSSR count). The van der Waals surface area contributed by atoms with Gasteiger partial charge in [-0.3, -0.25) is 9.48 Å². The molecule has 1 aromatic heterocycles. The molecular weight excluding hydrogens is 314 g/mol. The Hall–Kier alpha value is -3.08. The van der Waals surface area contributed by atoms with E-state index in [0.29, 0.717) is 23.7 Å². The van der Waals surface area contributed by atoms with Gasteiger partial charge in [0.15, 0.2) is 5.82 Å². The lowest BCUT2D eigenvalue weighted by molar-refractivity contribution is 0.102. The highest BCUT2D eigenvalue weighted by molar-refractivity contribution is 6.05. The number of hydrogen-bond acceptors (Lipinski definition) is 3. The van der Waals surface area contributed by atoms with E-state index in [9.17, 15) is 4.79 Å². The Morgan fingerprint density at radius 3 is 2.68 bits per heavy atom. The summed E-state index contributed by atoms with van der Waals surface area (Å²) in [6.45, 7) is 4.61. The van der Waals surface area contributed by atoms with Crippen molar-refractivity contribution in [2.24, 2.45) is 0 Å². The number of nitrogens with one attached hydrogen (secondary N) is 1. The largest absolute Gasteiger partial charge is 0.496 e. The summed E-state index contributed by atoms with van der Waals surface area (Å²) < 4.78 is 7.08. The van der Waals surface area contributed by atoms with Gasteiger partial charge in [0.2, 0.25) is 0 Å². The number of anilines is 1. The summed E-state index contributed by atoms with van der Waals surface area (Å²) in [5, 5.41) is 7.28. The van der Waals surface area contributed by atoms with Crippen molar-refractivity contribution < 1.29 is 9.53 Å². The second-order valence-corrected chi connectivity index (χ2v) is 5.91. The van der Waals surface area contributed by atoms with Gasteiger partial charge in [-0.15, -0.1) is 0 Å². The van der Waals surface area contributed by atoms with Crippen molar-refractivity contribution in [3.63, 3.8) is 0 Å². The molecule has 2 aromatic carbocycles. The molecule has 0 radical (unpaired) electrons. The molecule has 0 aliphatic heterocycles. The normalized spacial score (nSPS) is 10.5. The van der Waals surface area contributed by atoms with Gasteiger partial charge < -0.3 is 10.1 Å². The Morgan fingerprint density at radius 1 is 1.12 bits per heavy atom. The summed E-state index contributed by atoms with van der Waals surface area (Å²) in [4.78, 5) is 12.5. The van der Waals surface area contributed by atoms with E-state index in [1.165, 1.54) is 11.1 Å². The number of nitrogens with zero attached hydrogens (tertiary/aromatic N) is 2. The Labute approximate surface area is 147 Å². The number of amides is 1. The fraction of sp³-hybridized carbons (Fsp3) is 0.200. The van der Waals surface area contributed by atoms with Gasteiger partial charge in [-0.05, 0) is 37.1 Å². The van der Waals surface area contributed by atoms with Crippen molar-refractivity contribution in [3.05, 3.63) is 77.0 Å². The lowest BCUT2D eigenvalue weighted by atomic mass is 10.1. The smallest absolute Gasteiger partial charge is 0.257 e. The minimum Gasteiger partial charge on any atom is -0.496 e. The third kappa shape index (κ3) is 3.71. The quantitative estimate of drug-likeness (QED) is 0.771. The average Bonchev–Trinajstić information content (AvgIpc) is 3.04. The Bertz CT molecular complexity index is 899. The van der Waals surface area contributed by atoms with Crippen molar-refractivity contribution in [2.45, 2.75) is 20.4 Å². The van der Waals surface area contributed by atoms with E-state index in [1.807, 2.05) is 36.0 Å². The number of aromatic nitrogens is 2. The first-order valence-electron chi connectivity index (χ1n) is 8.11. The molecule has 0 saturated carbocycles. The topological polar surface area (TPSA) is 56.1 Å². The van der Waals surface area contributed by atoms with Gasteiger partial charge in [0.1, 0.15) is 5.75 Å². The summed E-state index contributed by atoms with van der Waals surface area (Å²) in [6, 6.07) is 15.4. The standard InChI is InChI=1S/C20H21N3O2/c1-14-7-4-5-8-16(14)13-23-12-11-19(22-23)21-20(24)17-9-6-10-18(25-3)15(17)2/h4-12H,13H2,1-3H3,(H,21,22,24). The van der Waals surface area contributed by atoms with Crippen LogP contribution < -0.4 is 10.1 Å². The molecule has 0 bridgehead atoms. The minimum absolute atomic E-state index is 0.197. The van der Waals surface area contributed by atoms with E-state index in [-0.39, 0.29) is 5.91 Å². The van der Waals surface area contributed by atoms with E-state index in [2.05, 4.69) is 29.5 Å². The highest BCUT2D eigenvalue weighted by atomic mass is 16.5. The molecule has 5 heteroatoms. The Kier molecular flexibility index (Phi) is 4.84. The molecule has 128 valence electrons. The van der Waals surface area contributed by atoms with Crippen LogP contribution in [0.15, 0.2) is 54.7 Å². The van der Waals surface area contributed by atoms with Crippen LogP contribution in [0.3, 0.4) is 0 Å². The average molecular weight is 335 g/mol. The predicted molar refractivity (Wildman–Crippen MR) is 98.2 cm³/mol. The van der Waals surface area contributed by atoms with Gasteiger partial charge in [-0.1, -0.05) is 30.3 Å². The molecule has 5 nitrogen and oxygen atoms in total. The van der Waals surface area contributed by atoms with Gasteiger partial charge in [0, 0.05) is 23.4 Å². The minimum atomic E-state index is -0.197. The van der Waals surface area contributed by atoms with E-state index in [0.717, 1.165) is 5.56 Å². The Morgan fingerprint density at radius 2 is 1.92 bits per heavy atom. The second kappa shape index (κ2) is 7.21. The van der Waals surface area contributed by atoms with Crippen molar-refractivity contribution in [1.82, 2.24) is 9.78 Å². The number of ether oxygens (including phenoxy) is 1. The molecule has 0 spiro atoms. The van der Waals surface area contributed by atoms with Gasteiger partial charge in [0.05, 0.1) is 13.7 Å². The van der Waals surface area contributed by atoms with Gasteiger partial charge in [-0.2, -0.15) is 5.10 Å². The third-order valence-corrected chi connectivity index (χ3v) is 4.22.